The first-order valence-corrected chi connectivity index (χ1v) is 12.3. The summed E-state index contributed by atoms with van der Waals surface area (Å²) >= 11 is 0. The van der Waals surface area contributed by atoms with Gasteiger partial charge in [-0.3, -0.25) is 4.79 Å². The maximum Gasteiger partial charge on any atom is 0.408 e. The van der Waals surface area contributed by atoms with Crippen LogP contribution in [0.15, 0.2) is 53.3 Å². The van der Waals surface area contributed by atoms with Crippen LogP contribution in [0.4, 0.5) is 4.79 Å². The van der Waals surface area contributed by atoms with Gasteiger partial charge in [-0.05, 0) is 49.8 Å². The van der Waals surface area contributed by atoms with Gasteiger partial charge in [-0.15, -0.1) is 0 Å². The van der Waals surface area contributed by atoms with E-state index in [2.05, 4.69) is 5.32 Å². The highest BCUT2D eigenvalue weighted by atomic mass is 16.6. The highest BCUT2D eigenvalue weighted by Crippen LogP contribution is 2.31. The Morgan fingerprint density at radius 3 is 2.56 bits per heavy atom. The van der Waals surface area contributed by atoms with Crippen LogP contribution in [0.3, 0.4) is 0 Å². The summed E-state index contributed by atoms with van der Waals surface area (Å²) in [7, 11) is 0. The second kappa shape index (κ2) is 9.84. The van der Waals surface area contributed by atoms with E-state index in [9.17, 15) is 9.59 Å². The van der Waals surface area contributed by atoms with Crippen molar-refractivity contribution in [2.45, 2.75) is 65.7 Å². The number of nitrogens with one attached hydrogen (secondary N) is 1. The smallest absolute Gasteiger partial charge is 0.408 e. The molecule has 1 aliphatic heterocycles. The fourth-order valence-corrected chi connectivity index (χ4v) is 4.25. The van der Waals surface area contributed by atoms with Gasteiger partial charge in [0, 0.05) is 23.9 Å². The lowest BCUT2D eigenvalue weighted by Gasteiger charge is -2.34. The third-order valence-corrected chi connectivity index (χ3v) is 6.03. The lowest BCUT2D eigenvalue weighted by molar-refractivity contribution is -0.135. The van der Waals surface area contributed by atoms with Crippen molar-refractivity contribution in [3.05, 3.63) is 48.9 Å². The Labute approximate surface area is 212 Å². The zero-order valence-corrected chi connectivity index (χ0v) is 21.8. The number of aromatic nitrogens is 1. The summed E-state index contributed by atoms with van der Waals surface area (Å²) in [5.74, 6) is 0.382. The molecular formula is C28H35N3O5. The molecule has 1 fully saturated rings. The van der Waals surface area contributed by atoms with Crippen LogP contribution < -0.4 is 10.1 Å². The first-order valence-electron chi connectivity index (χ1n) is 12.3. The predicted molar refractivity (Wildman–Crippen MR) is 138 cm³/mol. The molecule has 2 aromatic heterocycles. The summed E-state index contributed by atoms with van der Waals surface area (Å²) in [6.07, 6.45) is 3.12. The first kappa shape index (κ1) is 25.5. The number of fused-ring (bicyclic) bond motifs is 1. The molecule has 0 unspecified atom stereocenters. The number of pyridine rings is 1. The van der Waals surface area contributed by atoms with Crippen LogP contribution in [0.1, 0.15) is 48.0 Å². The molecule has 0 aliphatic carbocycles. The van der Waals surface area contributed by atoms with Crippen molar-refractivity contribution in [3.8, 4) is 17.1 Å². The molecular weight excluding hydrogens is 458 g/mol. The number of amides is 2. The number of benzene rings is 1. The molecule has 8 heteroatoms. The molecule has 0 bridgehead atoms. The van der Waals surface area contributed by atoms with Crippen LogP contribution in [0, 0.1) is 5.41 Å². The average molecular weight is 494 g/mol. The van der Waals surface area contributed by atoms with Crippen molar-refractivity contribution >= 4 is 22.8 Å². The molecule has 1 N–H and O–H groups in total. The number of alkyl carbamates (subject to hydrolysis) is 1. The van der Waals surface area contributed by atoms with E-state index in [0.29, 0.717) is 25.4 Å². The molecule has 2 atom stereocenters. The number of hydrogen-bond donors (Lipinski definition) is 1. The Morgan fingerprint density at radius 2 is 1.89 bits per heavy atom. The number of carbonyl (C=O) groups is 2. The molecule has 3 aromatic rings. The van der Waals surface area contributed by atoms with Crippen molar-refractivity contribution in [3.63, 3.8) is 0 Å². The van der Waals surface area contributed by atoms with E-state index in [4.69, 9.17) is 18.9 Å². The van der Waals surface area contributed by atoms with E-state index in [0.717, 1.165) is 22.0 Å². The van der Waals surface area contributed by atoms with Crippen molar-refractivity contribution < 1.29 is 23.5 Å². The van der Waals surface area contributed by atoms with Gasteiger partial charge in [0.2, 0.25) is 11.8 Å². The highest BCUT2D eigenvalue weighted by molar-refractivity contribution is 5.90. The molecule has 1 aliphatic rings. The lowest BCUT2D eigenvalue weighted by Crippen LogP contribution is -2.55. The first-order chi connectivity index (χ1) is 16.9. The van der Waals surface area contributed by atoms with Gasteiger partial charge in [0.05, 0.1) is 24.8 Å². The van der Waals surface area contributed by atoms with E-state index in [1.54, 1.807) is 38.2 Å². The van der Waals surface area contributed by atoms with E-state index in [-0.39, 0.29) is 12.0 Å². The van der Waals surface area contributed by atoms with E-state index < -0.39 is 23.2 Å². The van der Waals surface area contributed by atoms with Crippen LogP contribution in [0.5, 0.6) is 5.88 Å². The summed E-state index contributed by atoms with van der Waals surface area (Å²) in [6, 6.07) is 11.1. The second-order valence-corrected chi connectivity index (χ2v) is 11.3. The quantitative estimate of drug-likeness (QED) is 0.511. The summed E-state index contributed by atoms with van der Waals surface area (Å²) in [5.41, 5.74) is 0.486. The van der Waals surface area contributed by atoms with E-state index >= 15 is 0 Å². The van der Waals surface area contributed by atoms with Crippen LogP contribution >= 0.6 is 0 Å². The van der Waals surface area contributed by atoms with Crippen LogP contribution in [0.2, 0.25) is 0 Å². The number of likely N-dealkylation sites (tertiary alicyclic amines) is 1. The molecule has 8 nitrogen and oxygen atoms in total. The molecule has 36 heavy (non-hydrogen) atoms. The summed E-state index contributed by atoms with van der Waals surface area (Å²) < 4.78 is 17.0. The summed E-state index contributed by atoms with van der Waals surface area (Å²) in [5, 5.41) is 4.71. The number of carbonyl (C=O) groups excluding carboxylic acids is 2. The maximum absolute atomic E-state index is 13.5. The van der Waals surface area contributed by atoms with E-state index in [1.807, 2.05) is 57.2 Å². The second-order valence-electron chi connectivity index (χ2n) is 11.3. The SMILES string of the molecule is CC(C)(C)OC(=O)N[C@H](C(=O)N1CC[C@@H](Oc2nc(-c3ccoc3)cc3ccccc23)C1)C(C)(C)C. The largest absolute Gasteiger partial charge is 0.472 e. The summed E-state index contributed by atoms with van der Waals surface area (Å²) in [4.78, 5) is 32.5. The molecule has 192 valence electrons. The normalized spacial score (nSPS) is 17.2. The number of ether oxygens (including phenoxy) is 2. The van der Waals surface area contributed by atoms with Gasteiger partial charge in [-0.1, -0.05) is 39.0 Å². The third kappa shape index (κ3) is 5.98. The van der Waals surface area contributed by atoms with Gasteiger partial charge in [0.1, 0.15) is 17.7 Å². The Balaban J connectivity index is 1.50. The highest BCUT2D eigenvalue weighted by Gasteiger charge is 2.39. The fraction of sp³-hybridized carbons (Fsp3) is 0.464. The van der Waals surface area contributed by atoms with Crippen LogP contribution in [-0.4, -0.2) is 52.7 Å². The molecule has 0 radical (unpaired) electrons. The van der Waals surface area contributed by atoms with Gasteiger partial charge in [-0.25, -0.2) is 9.78 Å². The number of rotatable bonds is 5. The maximum atomic E-state index is 13.5. The monoisotopic (exact) mass is 493 g/mol. The molecule has 0 saturated carbocycles. The van der Waals surface area contributed by atoms with Crippen LogP contribution in [-0.2, 0) is 9.53 Å². The van der Waals surface area contributed by atoms with Crippen molar-refractivity contribution in [1.29, 1.82) is 0 Å². The third-order valence-electron chi connectivity index (χ3n) is 6.03. The Bertz CT molecular complexity index is 1220. The predicted octanol–water partition coefficient (Wildman–Crippen LogP) is 5.41. The van der Waals surface area contributed by atoms with Gasteiger partial charge < -0.3 is 24.1 Å². The number of hydrogen-bond acceptors (Lipinski definition) is 6. The van der Waals surface area contributed by atoms with Gasteiger partial charge in [0.25, 0.3) is 0 Å². The van der Waals surface area contributed by atoms with Crippen molar-refractivity contribution in [2.24, 2.45) is 5.41 Å². The molecule has 2 amide bonds. The Hall–Kier alpha value is -3.55. The van der Waals surface area contributed by atoms with Gasteiger partial charge in [-0.2, -0.15) is 0 Å². The minimum atomic E-state index is -0.727. The molecule has 4 rings (SSSR count). The lowest BCUT2D eigenvalue weighted by atomic mass is 9.86. The fourth-order valence-electron chi connectivity index (χ4n) is 4.25. The van der Waals surface area contributed by atoms with Gasteiger partial charge >= 0.3 is 6.09 Å². The minimum absolute atomic E-state index is 0.149. The summed E-state index contributed by atoms with van der Waals surface area (Å²) in [6.45, 7) is 12.1. The standard InChI is InChI=1S/C28H35N3O5/c1-27(2,3)23(30-26(33)36-28(4,5)6)25(32)31-13-11-20(16-31)35-24-21-10-8-7-9-18(21)15-22(29-24)19-12-14-34-17-19/h7-10,12,14-15,17,20,23H,11,13,16H2,1-6H3,(H,30,33)/t20-,23-/m1/s1. The van der Waals surface area contributed by atoms with E-state index in [1.165, 1.54) is 0 Å². The zero-order valence-electron chi connectivity index (χ0n) is 21.8. The van der Waals surface area contributed by atoms with Crippen molar-refractivity contribution in [1.82, 2.24) is 15.2 Å². The number of nitrogens with zero attached hydrogens (tertiary/aromatic N) is 2. The van der Waals surface area contributed by atoms with Gasteiger partial charge in [0.15, 0.2) is 0 Å². The molecule has 0 spiro atoms. The zero-order chi connectivity index (χ0) is 26.1. The van der Waals surface area contributed by atoms with Crippen LogP contribution in [0.25, 0.3) is 22.0 Å². The molecule has 3 heterocycles. The number of furan rings is 1. The average Bonchev–Trinajstić information content (AvgIpc) is 3.47. The Morgan fingerprint density at radius 1 is 1.14 bits per heavy atom. The molecule has 1 saturated heterocycles. The minimum Gasteiger partial charge on any atom is -0.472 e. The topological polar surface area (TPSA) is 93.9 Å². The Kier molecular flexibility index (Phi) is 6.98. The van der Waals surface area contributed by atoms with Crippen molar-refractivity contribution in [2.75, 3.05) is 13.1 Å². The molecule has 1 aromatic carbocycles.